The number of hydrogen-bond donors (Lipinski definition) is 3. The monoisotopic (exact) mass is 407 g/mol. The largest absolute Gasteiger partial charge is 0.469 e. The lowest BCUT2D eigenvalue weighted by molar-refractivity contribution is 0.197. The topological polar surface area (TPSA) is 153 Å². The van der Waals surface area contributed by atoms with E-state index in [1.807, 2.05) is 0 Å². The molecule has 0 aliphatic heterocycles. The molecule has 0 saturated heterocycles. The van der Waals surface area contributed by atoms with E-state index in [-0.39, 0.29) is 35.3 Å². The summed E-state index contributed by atoms with van der Waals surface area (Å²) in [6.45, 7) is 1.41. The second-order valence-electron chi connectivity index (χ2n) is 5.21. The zero-order valence-corrected chi connectivity index (χ0v) is 15.0. The molecule has 2 rings (SSSR count). The molecule has 1 heterocycles. The van der Waals surface area contributed by atoms with E-state index in [1.54, 1.807) is 6.92 Å². The van der Waals surface area contributed by atoms with Crippen LogP contribution in [0.2, 0.25) is 5.02 Å². The van der Waals surface area contributed by atoms with E-state index in [2.05, 4.69) is 24.8 Å². The highest BCUT2D eigenvalue weighted by atomic mass is 35.5. The molecule has 0 saturated carbocycles. The van der Waals surface area contributed by atoms with Gasteiger partial charge in [0.1, 0.15) is 17.6 Å². The van der Waals surface area contributed by atoms with Gasteiger partial charge in [-0.3, -0.25) is 0 Å². The van der Waals surface area contributed by atoms with Gasteiger partial charge < -0.3 is 9.94 Å². The molecule has 0 unspecified atom stereocenters. The quantitative estimate of drug-likeness (QED) is 0.333. The molecular weight excluding hydrogens is 393 g/mol. The highest BCUT2D eigenvalue weighted by Crippen LogP contribution is 2.20. The minimum absolute atomic E-state index is 0.00426. The van der Waals surface area contributed by atoms with Gasteiger partial charge in [-0.15, -0.1) is 0 Å². The Morgan fingerprint density at radius 1 is 1.54 bits per heavy atom. The van der Waals surface area contributed by atoms with E-state index in [0.717, 1.165) is 0 Å². The lowest BCUT2D eigenvalue weighted by Gasteiger charge is -2.12. The fourth-order valence-electron chi connectivity index (χ4n) is 1.91. The van der Waals surface area contributed by atoms with Crippen molar-refractivity contribution in [2.75, 3.05) is 6.54 Å². The van der Waals surface area contributed by atoms with E-state index in [1.165, 1.54) is 18.2 Å². The third kappa shape index (κ3) is 5.62. The number of nitrogens with zero attached hydrogens (tertiary/aromatic N) is 3. The van der Waals surface area contributed by atoms with Crippen molar-refractivity contribution >= 4 is 27.5 Å². The maximum absolute atomic E-state index is 13.2. The first-order valence-corrected chi connectivity index (χ1v) is 9.04. The average Bonchev–Trinajstić information content (AvgIpc) is 3.01. The smallest absolute Gasteiger partial charge is 0.285 e. The predicted octanol–water partition coefficient (Wildman–Crippen LogP) is 0.844. The van der Waals surface area contributed by atoms with Gasteiger partial charge in [-0.2, -0.15) is 13.1 Å². The number of nitrogens with one attached hydrogen (secondary N) is 1. The first-order valence-electron chi connectivity index (χ1n) is 7.11. The first-order chi connectivity index (χ1) is 12.2. The summed E-state index contributed by atoms with van der Waals surface area (Å²) in [6, 6.07) is 4.00. The third-order valence-corrected chi connectivity index (χ3v) is 3.95. The normalized spacial score (nSPS) is 13.6. The number of aromatic nitrogens is 2. The Morgan fingerprint density at radius 2 is 2.27 bits per heavy atom. The van der Waals surface area contributed by atoms with Crippen LogP contribution in [0.1, 0.15) is 18.2 Å². The van der Waals surface area contributed by atoms with Gasteiger partial charge in [0.15, 0.2) is 5.69 Å². The molecular formula is C13H15ClFN5O5S. The molecule has 26 heavy (non-hydrogen) atoms. The van der Waals surface area contributed by atoms with Crippen LogP contribution >= 0.6 is 11.6 Å². The fourth-order valence-corrected chi connectivity index (χ4v) is 2.58. The molecule has 0 spiro atoms. The van der Waals surface area contributed by atoms with Gasteiger partial charge in [0.25, 0.3) is 16.1 Å². The van der Waals surface area contributed by atoms with E-state index in [4.69, 9.17) is 21.5 Å². The van der Waals surface area contributed by atoms with Crippen LogP contribution < -0.4 is 14.6 Å². The first kappa shape index (κ1) is 20.0. The second kappa shape index (κ2) is 8.40. The summed E-state index contributed by atoms with van der Waals surface area (Å²) in [7, 11) is -3.87. The predicted molar refractivity (Wildman–Crippen MR) is 88.9 cm³/mol. The number of halogens is 2. The van der Waals surface area contributed by atoms with Crippen molar-refractivity contribution in [3.63, 3.8) is 0 Å². The molecule has 4 N–H and O–H groups in total. The van der Waals surface area contributed by atoms with Gasteiger partial charge in [0.05, 0.1) is 5.02 Å². The molecule has 142 valence electrons. The van der Waals surface area contributed by atoms with E-state index < -0.39 is 22.1 Å². The van der Waals surface area contributed by atoms with Crippen molar-refractivity contribution in [1.82, 2.24) is 15.0 Å². The van der Waals surface area contributed by atoms with Crippen molar-refractivity contribution < 1.29 is 27.4 Å². The summed E-state index contributed by atoms with van der Waals surface area (Å²) in [6.07, 6.45) is -0.649. The number of benzene rings is 1. The Balaban J connectivity index is 2.12. The highest BCUT2D eigenvalue weighted by molar-refractivity contribution is 7.87. The number of oxime groups is 1. The van der Waals surface area contributed by atoms with E-state index in [9.17, 15) is 18.0 Å². The van der Waals surface area contributed by atoms with E-state index >= 15 is 0 Å². The maximum Gasteiger partial charge on any atom is 0.285 e. The Hall–Kier alpha value is -2.28. The van der Waals surface area contributed by atoms with Crippen LogP contribution in [0.25, 0.3) is 0 Å². The number of ether oxygens (including phenoxy) is 1. The molecule has 0 aliphatic carbocycles. The number of nitrogens with two attached hydrogens (primary N) is 1. The lowest BCUT2D eigenvalue weighted by Crippen LogP contribution is -2.37. The Morgan fingerprint density at radius 3 is 2.88 bits per heavy atom. The fraction of sp³-hybridized carbons (Fsp3) is 0.308. The van der Waals surface area contributed by atoms with Gasteiger partial charge in [-0.1, -0.05) is 22.8 Å². The lowest BCUT2D eigenvalue weighted by atomic mass is 10.1. The van der Waals surface area contributed by atoms with Crippen molar-refractivity contribution in [3.05, 3.63) is 40.3 Å². The van der Waals surface area contributed by atoms with Crippen molar-refractivity contribution in [2.45, 2.75) is 19.4 Å². The zero-order valence-electron chi connectivity index (χ0n) is 13.4. The Bertz CT molecular complexity index is 904. The van der Waals surface area contributed by atoms with Gasteiger partial charge in [0.2, 0.25) is 0 Å². The van der Waals surface area contributed by atoms with Crippen LogP contribution in [-0.2, 0) is 16.6 Å². The summed E-state index contributed by atoms with van der Waals surface area (Å²) >= 11 is 5.72. The molecule has 0 aliphatic rings. The Kier molecular flexibility index (Phi) is 6.47. The van der Waals surface area contributed by atoms with Crippen molar-refractivity contribution in [1.29, 1.82) is 0 Å². The van der Waals surface area contributed by atoms with Gasteiger partial charge in [0, 0.05) is 13.0 Å². The minimum Gasteiger partial charge on any atom is -0.469 e. The van der Waals surface area contributed by atoms with Crippen molar-refractivity contribution in [3.8, 4) is 5.88 Å². The SMILES string of the molecule is C[C@@H](CNS(N)(=O)=O)Oc1nonc1C(Cc1ccc(F)c(Cl)c1)=NO. The standard InChI is InChI=1S/C13H15ClFN5O5S/c1-7(6-17-26(16,22)23)24-13-12(19-25-20-13)11(18-21)5-8-2-3-10(15)9(14)4-8/h2-4,7,17,21H,5-6H2,1H3,(H2,16,22,23)/t7-/m0/s1. The highest BCUT2D eigenvalue weighted by Gasteiger charge is 2.21. The molecule has 1 atom stereocenters. The molecule has 1 aromatic heterocycles. The van der Waals surface area contributed by atoms with Crippen LogP contribution in [0.5, 0.6) is 5.88 Å². The molecule has 13 heteroatoms. The molecule has 2 aromatic rings. The second-order valence-corrected chi connectivity index (χ2v) is 7.00. The van der Waals surface area contributed by atoms with Crippen LogP contribution in [0.4, 0.5) is 4.39 Å². The van der Waals surface area contributed by atoms with Crippen LogP contribution in [0.3, 0.4) is 0 Å². The molecule has 0 amide bonds. The van der Waals surface area contributed by atoms with Gasteiger partial charge in [-0.25, -0.2) is 14.2 Å². The maximum atomic E-state index is 13.2. The minimum atomic E-state index is -3.87. The van der Waals surface area contributed by atoms with Gasteiger partial charge >= 0.3 is 0 Å². The Labute approximate surface area is 152 Å². The van der Waals surface area contributed by atoms with E-state index in [0.29, 0.717) is 5.56 Å². The summed E-state index contributed by atoms with van der Waals surface area (Å²) in [5, 5.41) is 24.3. The summed E-state index contributed by atoms with van der Waals surface area (Å²) in [4.78, 5) is 0. The van der Waals surface area contributed by atoms with Crippen LogP contribution in [-0.4, -0.2) is 42.3 Å². The molecule has 10 nitrogen and oxygen atoms in total. The number of rotatable bonds is 8. The summed E-state index contributed by atoms with van der Waals surface area (Å²) in [5.41, 5.74) is 0.563. The third-order valence-electron chi connectivity index (χ3n) is 3.09. The van der Waals surface area contributed by atoms with Crippen LogP contribution in [0.15, 0.2) is 28.0 Å². The zero-order chi connectivity index (χ0) is 19.3. The van der Waals surface area contributed by atoms with Crippen LogP contribution in [0, 0.1) is 5.82 Å². The molecule has 1 aromatic carbocycles. The average molecular weight is 408 g/mol. The molecule has 0 radical (unpaired) electrons. The van der Waals surface area contributed by atoms with Gasteiger partial charge in [-0.05, 0) is 34.9 Å². The molecule has 0 fully saturated rings. The summed E-state index contributed by atoms with van der Waals surface area (Å²) < 4.78 is 47.1. The van der Waals surface area contributed by atoms with Crippen molar-refractivity contribution in [2.24, 2.45) is 10.3 Å². The summed E-state index contributed by atoms with van der Waals surface area (Å²) in [5.74, 6) is -0.698. The number of hydrogen-bond acceptors (Lipinski definition) is 8. The molecule has 0 bridgehead atoms.